The first-order chi connectivity index (χ1) is 14.0. The quantitative estimate of drug-likeness (QED) is 0.843. The van der Waals surface area contributed by atoms with Gasteiger partial charge in [-0.1, -0.05) is 19.3 Å². The minimum Gasteiger partial charge on any atom is -0.372 e. The third-order valence-corrected chi connectivity index (χ3v) is 6.78. The van der Waals surface area contributed by atoms with Crippen LogP contribution in [0.15, 0.2) is 6.20 Å². The molecule has 160 valence electrons. The fourth-order valence-electron chi connectivity index (χ4n) is 5.29. The lowest BCUT2D eigenvalue weighted by atomic mass is 9.86. The Kier molecular flexibility index (Phi) is 6.23. The average Bonchev–Trinajstić information content (AvgIpc) is 3.22. The van der Waals surface area contributed by atoms with Crippen molar-refractivity contribution in [2.24, 2.45) is 5.92 Å². The summed E-state index contributed by atoms with van der Waals surface area (Å²) in [6.45, 7) is 6.79. The van der Waals surface area contributed by atoms with Gasteiger partial charge >= 0.3 is 0 Å². The first-order valence-electron chi connectivity index (χ1n) is 11.3. The molecule has 3 fully saturated rings. The smallest absolute Gasteiger partial charge is 0.257 e. The maximum absolute atomic E-state index is 13.1. The second-order valence-corrected chi connectivity index (χ2v) is 9.10. The highest BCUT2D eigenvalue weighted by Gasteiger charge is 2.33. The van der Waals surface area contributed by atoms with E-state index in [0.29, 0.717) is 24.6 Å². The number of nitrogens with zero attached hydrogens (tertiary/aromatic N) is 3. The van der Waals surface area contributed by atoms with E-state index in [-0.39, 0.29) is 30.0 Å². The lowest BCUT2D eigenvalue weighted by molar-refractivity contribution is -0.137. The lowest BCUT2D eigenvalue weighted by Crippen LogP contribution is -2.48. The fourth-order valence-corrected chi connectivity index (χ4v) is 5.29. The summed E-state index contributed by atoms with van der Waals surface area (Å²) >= 11 is 0. The normalized spacial score (nSPS) is 27.2. The highest BCUT2D eigenvalue weighted by molar-refractivity contribution is 5.95. The largest absolute Gasteiger partial charge is 0.372 e. The summed E-state index contributed by atoms with van der Waals surface area (Å²) in [5.41, 5.74) is 1.62. The van der Waals surface area contributed by atoms with Gasteiger partial charge in [0.15, 0.2) is 0 Å². The van der Waals surface area contributed by atoms with Gasteiger partial charge in [-0.25, -0.2) is 0 Å². The molecule has 1 saturated carbocycles. The molecule has 3 heterocycles. The molecule has 0 spiro atoms. The Morgan fingerprint density at radius 3 is 2.31 bits per heavy atom. The molecule has 3 aliphatic rings. The predicted molar refractivity (Wildman–Crippen MR) is 110 cm³/mol. The highest BCUT2D eigenvalue weighted by Crippen LogP contribution is 2.32. The Hall–Kier alpha value is -1.89. The van der Waals surface area contributed by atoms with Crippen molar-refractivity contribution in [2.75, 3.05) is 26.2 Å². The van der Waals surface area contributed by atoms with Crippen molar-refractivity contribution in [2.45, 2.75) is 76.9 Å². The van der Waals surface area contributed by atoms with Crippen molar-refractivity contribution in [3.05, 3.63) is 17.5 Å². The average molecular weight is 403 g/mol. The van der Waals surface area contributed by atoms with Crippen LogP contribution in [0.1, 0.15) is 80.8 Å². The maximum Gasteiger partial charge on any atom is 0.257 e. The van der Waals surface area contributed by atoms with Gasteiger partial charge in [0.1, 0.15) is 0 Å². The number of amides is 2. The molecule has 0 aromatic carbocycles. The standard InChI is InChI=1S/C22H34N4O3/c1-15-13-26(14-16(2)29-15)22(28)19-12-23-24-20(19)17-8-10-25(11-9-17)21(27)18-6-4-3-5-7-18/h12,15-18H,3-11,13-14H2,1-2H3,(H,23,24)/t15-,16-/m1/s1. The number of piperidine rings is 1. The van der Waals surface area contributed by atoms with Gasteiger partial charge < -0.3 is 14.5 Å². The Bertz CT molecular complexity index is 709. The maximum atomic E-state index is 13.1. The summed E-state index contributed by atoms with van der Waals surface area (Å²) in [4.78, 5) is 29.9. The van der Waals surface area contributed by atoms with Crippen LogP contribution in [0.25, 0.3) is 0 Å². The van der Waals surface area contributed by atoms with Crippen molar-refractivity contribution < 1.29 is 14.3 Å². The molecule has 7 heteroatoms. The first kappa shape index (κ1) is 20.4. The van der Waals surface area contributed by atoms with E-state index in [9.17, 15) is 9.59 Å². The highest BCUT2D eigenvalue weighted by atomic mass is 16.5. The summed E-state index contributed by atoms with van der Waals surface area (Å²) in [7, 11) is 0. The summed E-state index contributed by atoms with van der Waals surface area (Å²) in [6, 6.07) is 0. The molecule has 7 nitrogen and oxygen atoms in total. The Balaban J connectivity index is 1.38. The van der Waals surface area contributed by atoms with Crippen LogP contribution >= 0.6 is 0 Å². The van der Waals surface area contributed by atoms with Crippen LogP contribution in [0.3, 0.4) is 0 Å². The molecule has 1 aromatic rings. The number of H-pyrrole nitrogens is 1. The van der Waals surface area contributed by atoms with Gasteiger partial charge in [-0.3, -0.25) is 14.7 Å². The van der Waals surface area contributed by atoms with Gasteiger partial charge in [0.05, 0.1) is 29.7 Å². The second kappa shape index (κ2) is 8.86. The van der Waals surface area contributed by atoms with Gasteiger partial charge in [-0.15, -0.1) is 0 Å². The molecule has 2 atom stereocenters. The van der Waals surface area contributed by atoms with Gasteiger partial charge in [0.2, 0.25) is 5.91 Å². The number of nitrogens with one attached hydrogen (secondary N) is 1. The molecule has 1 aliphatic carbocycles. The monoisotopic (exact) mass is 402 g/mol. The Morgan fingerprint density at radius 2 is 1.66 bits per heavy atom. The Morgan fingerprint density at radius 1 is 1.00 bits per heavy atom. The summed E-state index contributed by atoms with van der Waals surface area (Å²) in [5.74, 6) is 0.870. The van der Waals surface area contributed by atoms with Gasteiger partial charge in [-0.2, -0.15) is 5.10 Å². The zero-order valence-electron chi connectivity index (χ0n) is 17.7. The zero-order chi connectivity index (χ0) is 20.4. The molecular formula is C22H34N4O3. The van der Waals surface area contributed by atoms with Crippen LogP contribution in [-0.4, -0.2) is 70.2 Å². The van der Waals surface area contributed by atoms with E-state index < -0.39 is 0 Å². The number of rotatable bonds is 3. The summed E-state index contributed by atoms with van der Waals surface area (Å²) < 4.78 is 5.76. The molecule has 0 unspecified atom stereocenters. The predicted octanol–water partition coefficient (Wildman–Crippen LogP) is 2.95. The molecule has 29 heavy (non-hydrogen) atoms. The third-order valence-electron chi connectivity index (χ3n) is 6.78. The molecule has 1 N–H and O–H groups in total. The molecular weight excluding hydrogens is 368 g/mol. The van der Waals surface area contributed by atoms with Crippen LogP contribution in [0.4, 0.5) is 0 Å². The minimum atomic E-state index is 0.0384. The van der Waals surface area contributed by atoms with E-state index in [1.807, 2.05) is 18.7 Å². The van der Waals surface area contributed by atoms with Crippen LogP contribution < -0.4 is 0 Å². The second-order valence-electron chi connectivity index (χ2n) is 9.10. The lowest BCUT2D eigenvalue weighted by Gasteiger charge is -2.36. The van der Waals surface area contributed by atoms with Crippen molar-refractivity contribution in [3.63, 3.8) is 0 Å². The van der Waals surface area contributed by atoms with Crippen LogP contribution in [0, 0.1) is 5.92 Å². The van der Waals surface area contributed by atoms with Crippen molar-refractivity contribution in [1.29, 1.82) is 0 Å². The fraction of sp³-hybridized carbons (Fsp3) is 0.773. The number of likely N-dealkylation sites (tertiary alicyclic amines) is 1. The van der Waals surface area contributed by atoms with Crippen molar-refractivity contribution in [1.82, 2.24) is 20.0 Å². The molecule has 2 saturated heterocycles. The number of aromatic amines is 1. The van der Waals surface area contributed by atoms with Crippen molar-refractivity contribution >= 4 is 11.8 Å². The number of ether oxygens (including phenoxy) is 1. The van der Waals surface area contributed by atoms with Crippen LogP contribution in [-0.2, 0) is 9.53 Å². The van der Waals surface area contributed by atoms with E-state index in [1.54, 1.807) is 6.20 Å². The molecule has 4 rings (SSSR count). The van der Waals surface area contributed by atoms with Crippen LogP contribution in [0.5, 0.6) is 0 Å². The van der Waals surface area contributed by atoms with Crippen molar-refractivity contribution in [3.8, 4) is 0 Å². The van der Waals surface area contributed by atoms with E-state index in [1.165, 1.54) is 19.3 Å². The first-order valence-corrected chi connectivity index (χ1v) is 11.3. The summed E-state index contributed by atoms with van der Waals surface area (Å²) in [5, 5.41) is 7.29. The van der Waals surface area contributed by atoms with Gasteiger partial charge in [0.25, 0.3) is 5.91 Å². The van der Waals surface area contributed by atoms with E-state index >= 15 is 0 Å². The third kappa shape index (κ3) is 4.49. The molecule has 1 aromatic heterocycles. The number of morpholine rings is 1. The molecule has 0 bridgehead atoms. The van der Waals surface area contributed by atoms with Crippen LogP contribution in [0.2, 0.25) is 0 Å². The molecule has 2 amide bonds. The number of aromatic nitrogens is 2. The zero-order valence-corrected chi connectivity index (χ0v) is 17.7. The summed E-state index contributed by atoms with van der Waals surface area (Å²) in [6.07, 6.45) is 9.28. The van der Waals surface area contributed by atoms with Gasteiger partial charge in [-0.05, 0) is 39.5 Å². The van der Waals surface area contributed by atoms with E-state index in [4.69, 9.17) is 4.74 Å². The number of hydrogen-bond donors (Lipinski definition) is 1. The Labute approximate surface area is 173 Å². The number of carbonyl (C=O) groups is 2. The topological polar surface area (TPSA) is 78.5 Å². The molecule has 0 radical (unpaired) electrons. The van der Waals surface area contributed by atoms with Gasteiger partial charge in [0, 0.05) is 38.0 Å². The van der Waals surface area contributed by atoms with E-state index in [2.05, 4.69) is 15.1 Å². The molecule has 2 aliphatic heterocycles. The number of carbonyl (C=O) groups excluding carboxylic acids is 2. The number of hydrogen-bond acceptors (Lipinski definition) is 4. The van der Waals surface area contributed by atoms with E-state index in [0.717, 1.165) is 44.5 Å². The minimum absolute atomic E-state index is 0.0384. The SMILES string of the molecule is C[C@@H]1CN(C(=O)c2cn[nH]c2C2CCN(C(=O)C3CCCCC3)CC2)C[C@@H](C)O1.